The Hall–Kier alpha value is -0.120. The quantitative estimate of drug-likeness (QED) is 0.646. The van der Waals surface area contributed by atoms with Crippen molar-refractivity contribution in [1.29, 1.82) is 0 Å². The third-order valence-electron chi connectivity index (χ3n) is 3.32. The molecule has 0 radical (unpaired) electrons. The van der Waals surface area contributed by atoms with Crippen LogP contribution in [0, 0.1) is 0 Å². The SMILES string of the molecule is CCN(CCCCC(C)N)CC1CCCO1. The first-order chi connectivity index (χ1) is 7.72. The Labute approximate surface area is 100 Å². The highest BCUT2D eigenvalue weighted by Crippen LogP contribution is 2.13. The molecule has 1 fully saturated rings. The van der Waals surface area contributed by atoms with Gasteiger partial charge in [-0.1, -0.05) is 13.3 Å². The largest absolute Gasteiger partial charge is 0.377 e. The maximum Gasteiger partial charge on any atom is 0.0702 e. The third-order valence-corrected chi connectivity index (χ3v) is 3.32. The molecule has 16 heavy (non-hydrogen) atoms. The zero-order valence-corrected chi connectivity index (χ0v) is 11.0. The summed E-state index contributed by atoms with van der Waals surface area (Å²) in [6.45, 7) is 8.74. The number of ether oxygens (including phenoxy) is 1. The Morgan fingerprint density at radius 3 is 2.81 bits per heavy atom. The molecule has 1 aliphatic rings. The highest BCUT2D eigenvalue weighted by atomic mass is 16.5. The maximum absolute atomic E-state index is 5.74. The molecule has 0 amide bonds. The summed E-state index contributed by atoms with van der Waals surface area (Å²) < 4.78 is 5.67. The van der Waals surface area contributed by atoms with Crippen LogP contribution >= 0.6 is 0 Å². The van der Waals surface area contributed by atoms with E-state index in [4.69, 9.17) is 10.5 Å². The lowest BCUT2D eigenvalue weighted by atomic mass is 10.1. The van der Waals surface area contributed by atoms with Gasteiger partial charge in [-0.25, -0.2) is 0 Å². The highest BCUT2D eigenvalue weighted by molar-refractivity contribution is 4.70. The van der Waals surface area contributed by atoms with Gasteiger partial charge >= 0.3 is 0 Å². The first-order valence-electron chi connectivity index (χ1n) is 6.82. The van der Waals surface area contributed by atoms with Crippen LogP contribution in [0.15, 0.2) is 0 Å². The smallest absolute Gasteiger partial charge is 0.0702 e. The van der Waals surface area contributed by atoms with E-state index in [2.05, 4.69) is 18.7 Å². The second-order valence-electron chi connectivity index (χ2n) is 5.00. The minimum Gasteiger partial charge on any atom is -0.377 e. The van der Waals surface area contributed by atoms with Crippen molar-refractivity contribution in [3.8, 4) is 0 Å². The molecule has 0 aromatic rings. The predicted octanol–water partition coefficient (Wildman–Crippen LogP) is 2.00. The number of hydrogen-bond acceptors (Lipinski definition) is 3. The first kappa shape index (κ1) is 13.9. The van der Waals surface area contributed by atoms with Gasteiger partial charge in [0.2, 0.25) is 0 Å². The number of hydrogen-bond donors (Lipinski definition) is 1. The highest BCUT2D eigenvalue weighted by Gasteiger charge is 2.17. The van der Waals surface area contributed by atoms with E-state index in [0.717, 1.165) is 26.1 Å². The molecular formula is C13H28N2O. The molecule has 0 bridgehead atoms. The summed E-state index contributed by atoms with van der Waals surface area (Å²) in [7, 11) is 0. The second-order valence-corrected chi connectivity index (χ2v) is 5.00. The Balaban J connectivity index is 2.06. The minimum atomic E-state index is 0.355. The first-order valence-corrected chi connectivity index (χ1v) is 6.82. The summed E-state index contributed by atoms with van der Waals surface area (Å²) in [6.07, 6.45) is 6.65. The van der Waals surface area contributed by atoms with E-state index in [1.807, 2.05) is 0 Å². The van der Waals surface area contributed by atoms with E-state index in [1.165, 1.54) is 32.2 Å². The van der Waals surface area contributed by atoms with Crippen LogP contribution in [0.25, 0.3) is 0 Å². The predicted molar refractivity (Wildman–Crippen MR) is 68.6 cm³/mol. The molecule has 1 aliphatic heterocycles. The van der Waals surface area contributed by atoms with Gasteiger partial charge in [0.1, 0.15) is 0 Å². The van der Waals surface area contributed by atoms with E-state index < -0.39 is 0 Å². The van der Waals surface area contributed by atoms with Crippen molar-refractivity contribution in [3.05, 3.63) is 0 Å². The summed E-state index contributed by atoms with van der Waals surface area (Å²) in [4.78, 5) is 2.51. The van der Waals surface area contributed by atoms with Gasteiger partial charge in [-0.2, -0.15) is 0 Å². The van der Waals surface area contributed by atoms with Crippen molar-refractivity contribution >= 4 is 0 Å². The summed E-state index contributed by atoms with van der Waals surface area (Å²) in [6, 6.07) is 0.355. The summed E-state index contributed by atoms with van der Waals surface area (Å²) >= 11 is 0. The van der Waals surface area contributed by atoms with Crippen LogP contribution in [0.3, 0.4) is 0 Å². The van der Waals surface area contributed by atoms with Crippen LogP contribution < -0.4 is 5.73 Å². The van der Waals surface area contributed by atoms with Gasteiger partial charge in [-0.3, -0.25) is 0 Å². The van der Waals surface area contributed by atoms with Crippen molar-refractivity contribution in [2.45, 2.75) is 58.1 Å². The average molecular weight is 228 g/mol. The summed E-state index contributed by atoms with van der Waals surface area (Å²) in [5, 5.41) is 0. The molecule has 1 heterocycles. The van der Waals surface area contributed by atoms with Crippen molar-refractivity contribution in [2.75, 3.05) is 26.2 Å². The van der Waals surface area contributed by atoms with Crippen LogP contribution in [0.2, 0.25) is 0 Å². The fourth-order valence-electron chi connectivity index (χ4n) is 2.26. The van der Waals surface area contributed by atoms with Crippen molar-refractivity contribution in [2.24, 2.45) is 5.73 Å². The van der Waals surface area contributed by atoms with E-state index in [9.17, 15) is 0 Å². The molecule has 0 aromatic carbocycles. The topological polar surface area (TPSA) is 38.5 Å². The molecule has 0 aliphatic carbocycles. The normalized spacial score (nSPS) is 22.9. The Bertz CT molecular complexity index is 167. The van der Waals surface area contributed by atoms with Crippen molar-refractivity contribution < 1.29 is 4.74 Å². The van der Waals surface area contributed by atoms with Gasteiger partial charge in [-0.15, -0.1) is 0 Å². The zero-order valence-electron chi connectivity index (χ0n) is 11.0. The van der Waals surface area contributed by atoms with Crippen molar-refractivity contribution in [1.82, 2.24) is 4.90 Å². The molecule has 2 atom stereocenters. The van der Waals surface area contributed by atoms with E-state index in [0.29, 0.717) is 12.1 Å². The number of unbranched alkanes of at least 4 members (excludes halogenated alkanes) is 1. The van der Waals surface area contributed by atoms with Crippen LogP contribution in [-0.2, 0) is 4.74 Å². The Morgan fingerprint density at radius 1 is 1.44 bits per heavy atom. The van der Waals surface area contributed by atoms with E-state index >= 15 is 0 Å². The molecule has 1 rings (SSSR count). The zero-order chi connectivity index (χ0) is 11.8. The van der Waals surface area contributed by atoms with Crippen LogP contribution in [0.4, 0.5) is 0 Å². The van der Waals surface area contributed by atoms with Gasteiger partial charge in [0.25, 0.3) is 0 Å². The Kier molecular flexibility index (Phi) is 7.01. The van der Waals surface area contributed by atoms with Gasteiger partial charge in [0, 0.05) is 19.2 Å². The fourth-order valence-corrected chi connectivity index (χ4v) is 2.26. The van der Waals surface area contributed by atoms with Crippen LogP contribution in [0.5, 0.6) is 0 Å². The molecule has 3 nitrogen and oxygen atoms in total. The molecule has 2 unspecified atom stereocenters. The van der Waals surface area contributed by atoms with Gasteiger partial charge in [0.05, 0.1) is 6.10 Å². The molecule has 96 valence electrons. The lowest BCUT2D eigenvalue weighted by Gasteiger charge is -2.23. The van der Waals surface area contributed by atoms with E-state index in [1.54, 1.807) is 0 Å². The van der Waals surface area contributed by atoms with Gasteiger partial charge in [0.15, 0.2) is 0 Å². The number of likely N-dealkylation sites (N-methyl/N-ethyl adjacent to an activating group) is 1. The lowest BCUT2D eigenvalue weighted by Crippen LogP contribution is -2.33. The van der Waals surface area contributed by atoms with Gasteiger partial charge < -0.3 is 15.4 Å². The minimum absolute atomic E-state index is 0.355. The third kappa shape index (κ3) is 5.83. The molecule has 0 spiro atoms. The second kappa shape index (κ2) is 8.04. The number of nitrogens with two attached hydrogens (primary N) is 1. The molecule has 0 aromatic heterocycles. The molecule has 0 saturated carbocycles. The monoisotopic (exact) mass is 228 g/mol. The summed E-state index contributed by atoms with van der Waals surface area (Å²) in [5.41, 5.74) is 5.74. The fraction of sp³-hybridized carbons (Fsp3) is 1.00. The maximum atomic E-state index is 5.74. The standard InChI is InChI=1S/C13H28N2O/c1-3-15(9-5-4-7-12(2)14)11-13-8-6-10-16-13/h12-13H,3-11,14H2,1-2H3. The van der Waals surface area contributed by atoms with Crippen LogP contribution in [0.1, 0.15) is 46.0 Å². The molecular weight excluding hydrogens is 200 g/mol. The molecule has 1 saturated heterocycles. The van der Waals surface area contributed by atoms with Crippen molar-refractivity contribution in [3.63, 3.8) is 0 Å². The van der Waals surface area contributed by atoms with E-state index in [-0.39, 0.29) is 0 Å². The van der Waals surface area contributed by atoms with Crippen LogP contribution in [-0.4, -0.2) is 43.3 Å². The summed E-state index contributed by atoms with van der Waals surface area (Å²) in [5.74, 6) is 0. The average Bonchev–Trinajstić information content (AvgIpc) is 2.75. The molecule has 3 heteroatoms. The molecule has 2 N–H and O–H groups in total. The number of rotatable bonds is 8. The van der Waals surface area contributed by atoms with Gasteiger partial charge in [-0.05, 0) is 45.7 Å². The number of nitrogens with zero attached hydrogens (tertiary/aromatic N) is 1. The lowest BCUT2D eigenvalue weighted by molar-refractivity contribution is 0.0742. The Morgan fingerprint density at radius 2 is 2.25 bits per heavy atom.